The SMILES string of the molecule is CN(c1ncns1)c1ncnc2ccc(Oc3ncccc3F)cc12. The lowest BCUT2D eigenvalue weighted by molar-refractivity contribution is 0.423. The van der Waals surface area contributed by atoms with Gasteiger partial charge in [-0.05, 0) is 30.3 Å². The maximum Gasteiger partial charge on any atom is 0.255 e. The molecule has 0 N–H and O–H groups in total. The van der Waals surface area contributed by atoms with Crippen molar-refractivity contribution in [2.45, 2.75) is 0 Å². The predicted molar refractivity (Wildman–Crippen MR) is 91.8 cm³/mol. The number of rotatable bonds is 4. The molecule has 124 valence electrons. The van der Waals surface area contributed by atoms with Crippen LogP contribution < -0.4 is 9.64 Å². The number of hydrogen-bond acceptors (Lipinski definition) is 8. The fraction of sp³-hybridized carbons (Fsp3) is 0.0625. The first kappa shape index (κ1) is 15.3. The third kappa shape index (κ3) is 2.96. The van der Waals surface area contributed by atoms with Gasteiger partial charge in [0.25, 0.3) is 5.88 Å². The molecule has 0 radical (unpaired) electrons. The van der Waals surface area contributed by atoms with Crippen LogP contribution in [0.2, 0.25) is 0 Å². The minimum Gasteiger partial charge on any atom is -0.436 e. The summed E-state index contributed by atoms with van der Waals surface area (Å²) in [6.45, 7) is 0. The van der Waals surface area contributed by atoms with Crippen molar-refractivity contribution in [2.75, 3.05) is 11.9 Å². The zero-order valence-corrected chi connectivity index (χ0v) is 13.8. The van der Waals surface area contributed by atoms with Crippen molar-refractivity contribution in [1.82, 2.24) is 24.3 Å². The normalized spacial score (nSPS) is 10.8. The van der Waals surface area contributed by atoms with E-state index in [1.807, 2.05) is 11.9 Å². The number of anilines is 2. The van der Waals surface area contributed by atoms with Gasteiger partial charge in [0.15, 0.2) is 5.82 Å². The Balaban J connectivity index is 1.77. The molecule has 0 saturated heterocycles. The molecule has 7 nitrogen and oxygen atoms in total. The first-order chi connectivity index (χ1) is 12.2. The number of fused-ring (bicyclic) bond motifs is 1. The van der Waals surface area contributed by atoms with Gasteiger partial charge >= 0.3 is 0 Å². The van der Waals surface area contributed by atoms with E-state index in [0.29, 0.717) is 16.7 Å². The second kappa shape index (κ2) is 6.36. The fourth-order valence-electron chi connectivity index (χ4n) is 2.32. The van der Waals surface area contributed by atoms with Crippen molar-refractivity contribution < 1.29 is 9.13 Å². The molecule has 0 unspecified atom stereocenters. The molecule has 0 amide bonds. The first-order valence-corrected chi connectivity index (χ1v) is 8.03. The summed E-state index contributed by atoms with van der Waals surface area (Å²) in [6, 6.07) is 8.03. The number of pyridine rings is 1. The third-order valence-corrected chi connectivity index (χ3v) is 4.22. The number of hydrogen-bond donors (Lipinski definition) is 0. The number of ether oxygens (including phenoxy) is 1. The topological polar surface area (TPSA) is 76.9 Å². The second-order valence-corrected chi connectivity index (χ2v) is 5.81. The number of aromatic nitrogens is 5. The fourth-order valence-corrected chi connectivity index (χ4v) is 2.81. The molecule has 0 saturated carbocycles. The molecule has 0 bridgehead atoms. The van der Waals surface area contributed by atoms with E-state index in [-0.39, 0.29) is 5.88 Å². The highest BCUT2D eigenvalue weighted by atomic mass is 32.1. The number of benzene rings is 1. The molecule has 9 heteroatoms. The molecule has 0 aliphatic rings. The summed E-state index contributed by atoms with van der Waals surface area (Å²) in [6.07, 6.45) is 4.43. The van der Waals surface area contributed by atoms with Crippen LogP contribution in [-0.2, 0) is 0 Å². The van der Waals surface area contributed by atoms with Gasteiger partial charge in [-0.2, -0.15) is 4.37 Å². The highest BCUT2D eigenvalue weighted by Gasteiger charge is 2.14. The quantitative estimate of drug-likeness (QED) is 0.554. The van der Waals surface area contributed by atoms with Crippen molar-refractivity contribution >= 4 is 33.4 Å². The van der Waals surface area contributed by atoms with Gasteiger partial charge in [0.2, 0.25) is 5.13 Å². The molecule has 4 rings (SSSR count). The molecule has 3 aromatic heterocycles. The van der Waals surface area contributed by atoms with Crippen molar-refractivity contribution in [3.05, 3.63) is 55.0 Å². The van der Waals surface area contributed by atoms with Gasteiger partial charge in [0.1, 0.15) is 24.2 Å². The van der Waals surface area contributed by atoms with Crippen LogP contribution in [-0.4, -0.2) is 31.4 Å². The summed E-state index contributed by atoms with van der Waals surface area (Å²) in [7, 11) is 1.84. The first-order valence-electron chi connectivity index (χ1n) is 7.26. The van der Waals surface area contributed by atoms with E-state index in [1.54, 1.807) is 18.2 Å². The zero-order chi connectivity index (χ0) is 17.2. The summed E-state index contributed by atoms with van der Waals surface area (Å²) >= 11 is 1.26. The van der Waals surface area contributed by atoms with E-state index in [1.165, 1.54) is 42.5 Å². The van der Waals surface area contributed by atoms with Crippen molar-refractivity contribution in [1.29, 1.82) is 0 Å². The molecule has 0 spiro atoms. The average molecular weight is 354 g/mol. The maximum absolute atomic E-state index is 13.7. The van der Waals surface area contributed by atoms with Crippen LogP contribution >= 0.6 is 11.5 Å². The average Bonchev–Trinajstić information content (AvgIpc) is 3.17. The highest BCUT2D eigenvalue weighted by molar-refractivity contribution is 7.09. The Hall–Kier alpha value is -3.20. The second-order valence-electron chi connectivity index (χ2n) is 5.05. The van der Waals surface area contributed by atoms with E-state index in [2.05, 4.69) is 24.3 Å². The molecule has 0 fully saturated rings. The van der Waals surface area contributed by atoms with E-state index in [4.69, 9.17) is 4.74 Å². The Labute approximate surface area is 146 Å². The van der Waals surface area contributed by atoms with Crippen LogP contribution in [0.5, 0.6) is 11.6 Å². The lowest BCUT2D eigenvalue weighted by atomic mass is 10.2. The zero-order valence-electron chi connectivity index (χ0n) is 13.0. The molecule has 0 aliphatic heterocycles. The maximum atomic E-state index is 13.7. The van der Waals surface area contributed by atoms with Crippen molar-refractivity contribution in [3.8, 4) is 11.6 Å². The number of nitrogens with zero attached hydrogens (tertiary/aromatic N) is 6. The Morgan fingerprint density at radius 2 is 2.00 bits per heavy atom. The lowest BCUT2D eigenvalue weighted by Crippen LogP contribution is -2.11. The lowest BCUT2D eigenvalue weighted by Gasteiger charge is -2.16. The van der Waals surface area contributed by atoms with Gasteiger partial charge in [-0.1, -0.05) is 0 Å². The summed E-state index contributed by atoms with van der Waals surface area (Å²) in [4.78, 5) is 18.5. The predicted octanol–water partition coefficient (Wildman–Crippen LogP) is 3.58. The minimum atomic E-state index is -0.530. The van der Waals surface area contributed by atoms with E-state index >= 15 is 0 Å². The minimum absolute atomic E-state index is 0.0854. The Morgan fingerprint density at radius 3 is 2.80 bits per heavy atom. The third-order valence-electron chi connectivity index (χ3n) is 3.48. The van der Waals surface area contributed by atoms with Gasteiger partial charge in [-0.25, -0.2) is 24.3 Å². The summed E-state index contributed by atoms with van der Waals surface area (Å²) in [5.41, 5.74) is 0.732. The van der Waals surface area contributed by atoms with Crippen LogP contribution in [0.4, 0.5) is 15.3 Å². The Bertz CT molecular complexity index is 1030. The van der Waals surface area contributed by atoms with Gasteiger partial charge in [0.05, 0.1) is 5.52 Å². The summed E-state index contributed by atoms with van der Waals surface area (Å²) in [5.74, 6) is 0.469. The molecule has 3 heterocycles. The summed E-state index contributed by atoms with van der Waals surface area (Å²) < 4.78 is 23.3. The molecule has 25 heavy (non-hydrogen) atoms. The largest absolute Gasteiger partial charge is 0.436 e. The monoisotopic (exact) mass is 354 g/mol. The van der Waals surface area contributed by atoms with Gasteiger partial charge in [0, 0.05) is 30.2 Å². The smallest absolute Gasteiger partial charge is 0.255 e. The van der Waals surface area contributed by atoms with Crippen LogP contribution in [0, 0.1) is 5.82 Å². The Morgan fingerprint density at radius 1 is 1.08 bits per heavy atom. The van der Waals surface area contributed by atoms with Gasteiger partial charge in [-0.15, -0.1) is 0 Å². The Kier molecular flexibility index (Phi) is 3.90. The van der Waals surface area contributed by atoms with Crippen molar-refractivity contribution in [3.63, 3.8) is 0 Å². The van der Waals surface area contributed by atoms with Crippen LogP contribution in [0.1, 0.15) is 0 Å². The highest BCUT2D eigenvalue weighted by Crippen LogP contribution is 2.32. The molecular weight excluding hydrogens is 343 g/mol. The van der Waals surface area contributed by atoms with Gasteiger partial charge in [-0.3, -0.25) is 0 Å². The molecule has 0 atom stereocenters. The molecular formula is C16H11FN6OS. The van der Waals surface area contributed by atoms with Crippen LogP contribution in [0.3, 0.4) is 0 Å². The number of halogens is 1. The van der Waals surface area contributed by atoms with Crippen molar-refractivity contribution in [2.24, 2.45) is 0 Å². The molecule has 0 aliphatic carbocycles. The van der Waals surface area contributed by atoms with Crippen LogP contribution in [0.25, 0.3) is 10.9 Å². The van der Waals surface area contributed by atoms with Gasteiger partial charge < -0.3 is 9.64 Å². The van der Waals surface area contributed by atoms with E-state index in [9.17, 15) is 4.39 Å². The van der Waals surface area contributed by atoms with E-state index in [0.717, 1.165) is 10.9 Å². The van der Waals surface area contributed by atoms with Crippen LogP contribution in [0.15, 0.2) is 49.2 Å². The molecule has 1 aromatic carbocycles. The standard InChI is InChI=1S/C16H11FN6OS/c1-23(16-21-9-22-25-16)14-11-7-10(4-5-13(11)19-8-20-14)24-15-12(17)3-2-6-18-15/h2-9H,1H3. The summed E-state index contributed by atoms with van der Waals surface area (Å²) in [5, 5.41) is 1.44. The van der Waals surface area contributed by atoms with E-state index < -0.39 is 5.82 Å². The molecule has 4 aromatic rings.